The number of unbranched alkanes of at least 4 members (excludes halogenated alkanes) is 6. The number of hydrogen-bond donors (Lipinski definition) is 2. The van der Waals surface area contributed by atoms with Crippen molar-refractivity contribution in [3.05, 3.63) is 35.4 Å². The van der Waals surface area contributed by atoms with E-state index in [1.807, 2.05) is 13.0 Å². The van der Waals surface area contributed by atoms with Gasteiger partial charge >= 0.3 is 0 Å². The minimum atomic E-state index is -0.0387. The third-order valence-corrected chi connectivity index (χ3v) is 4.51. The summed E-state index contributed by atoms with van der Waals surface area (Å²) in [6.07, 6.45) is 12.4. The maximum absolute atomic E-state index is 12.0. The molecule has 0 fully saturated rings. The van der Waals surface area contributed by atoms with Crippen molar-refractivity contribution in [1.29, 1.82) is 0 Å². The number of rotatable bonds is 13. The van der Waals surface area contributed by atoms with E-state index < -0.39 is 0 Å². The number of allylic oxidation sites excluding steroid dienone is 1. The predicted octanol–water partition coefficient (Wildman–Crippen LogP) is 5.15. The Bertz CT molecular complexity index is 567. The van der Waals surface area contributed by atoms with Crippen molar-refractivity contribution in [3.8, 4) is 11.5 Å². The molecule has 0 aromatic heterocycles. The van der Waals surface area contributed by atoms with Gasteiger partial charge < -0.3 is 15.2 Å². The maximum Gasteiger partial charge on any atom is 0.243 e. The van der Waals surface area contributed by atoms with E-state index in [1.54, 1.807) is 18.2 Å². The number of aromatic hydroxyl groups is 1. The molecule has 0 aliphatic heterocycles. The van der Waals surface area contributed by atoms with E-state index in [0.29, 0.717) is 18.7 Å². The van der Waals surface area contributed by atoms with Crippen LogP contribution in [-0.4, -0.2) is 24.7 Å². The third-order valence-electron chi connectivity index (χ3n) is 4.51. The number of carbonyl (C=O) groups is 1. The van der Waals surface area contributed by atoms with Crippen molar-refractivity contribution in [2.24, 2.45) is 0 Å². The molecule has 4 heteroatoms. The summed E-state index contributed by atoms with van der Waals surface area (Å²) in [5.74, 6) is 0.548. The number of benzene rings is 1. The number of phenols is 1. The molecule has 1 aromatic rings. The largest absolute Gasteiger partial charge is 0.504 e. The summed E-state index contributed by atoms with van der Waals surface area (Å²) in [6, 6.07) is 5.30. The molecule has 0 radical (unpaired) electrons. The number of hydrogen-bond acceptors (Lipinski definition) is 3. The fourth-order valence-corrected chi connectivity index (χ4v) is 2.93. The van der Waals surface area contributed by atoms with Gasteiger partial charge in [-0.3, -0.25) is 4.79 Å². The van der Waals surface area contributed by atoms with Crippen molar-refractivity contribution < 1.29 is 14.6 Å². The molecule has 0 bridgehead atoms. The standard InChI is InChI=1S/C22H35NO3/c1-4-5-6-7-8-9-10-11-18(2)16-22(25)23-15-14-19-12-13-21(26-3)20(24)17-19/h12-13,16-17,24H,4-11,14-15H2,1-3H3,(H,23,25). The molecule has 0 aliphatic carbocycles. The van der Waals surface area contributed by atoms with Gasteiger partial charge in [-0.1, -0.05) is 57.1 Å². The topological polar surface area (TPSA) is 58.6 Å². The maximum atomic E-state index is 12.0. The summed E-state index contributed by atoms with van der Waals surface area (Å²) in [5.41, 5.74) is 2.10. The average molecular weight is 362 g/mol. The number of nitrogens with one attached hydrogen (secondary N) is 1. The summed E-state index contributed by atoms with van der Waals surface area (Å²) in [5, 5.41) is 12.7. The molecule has 1 aromatic carbocycles. The molecule has 0 atom stereocenters. The highest BCUT2D eigenvalue weighted by Gasteiger charge is 2.03. The van der Waals surface area contributed by atoms with Crippen LogP contribution in [0.25, 0.3) is 0 Å². The molecule has 146 valence electrons. The molecule has 0 aliphatic rings. The molecule has 1 amide bonds. The quantitative estimate of drug-likeness (QED) is 0.377. The van der Waals surface area contributed by atoms with E-state index in [9.17, 15) is 9.90 Å². The van der Waals surface area contributed by atoms with Gasteiger partial charge in [0.2, 0.25) is 5.91 Å². The highest BCUT2D eigenvalue weighted by atomic mass is 16.5. The van der Waals surface area contributed by atoms with Crippen LogP contribution in [0.4, 0.5) is 0 Å². The second kappa shape index (κ2) is 13.3. The Kier molecular flexibility index (Phi) is 11.3. The fourth-order valence-electron chi connectivity index (χ4n) is 2.93. The lowest BCUT2D eigenvalue weighted by Crippen LogP contribution is -2.23. The molecule has 0 heterocycles. The van der Waals surface area contributed by atoms with E-state index in [0.717, 1.165) is 24.0 Å². The summed E-state index contributed by atoms with van der Waals surface area (Å²) < 4.78 is 5.02. The predicted molar refractivity (Wildman–Crippen MR) is 108 cm³/mol. The Hall–Kier alpha value is -1.97. The zero-order valence-corrected chi connectivity index (χ0v) is 16.6. The van der Waals surface area contributed by atoms with E-state index in [1.165, 1.54) is 45.6 Å². The summed E-state index contributed by atoms with van der Waals surface area (Å²) in [4.78, 5) is 12.0. The van der Waals surface area contributed by atoms with Crippen LogP contribution in [0.1, 0.15) is 70.8 Å². The summed E-state index contributed by atoms with van der Waals surface area (Å²) in [6.45, 7) is 4.81. The molecule has 1 rings (SSSR count). The highest BCUT2D eigenvalue weighted by molar-refractivity contribution is 5.88. The second-order valence-electron chi connectivity index (χ2n) is 6.91. The number of amides is 1. The van der Waals surface area contributed by atoms with Crippen molar-refractivity contribution in [2.75, 3.05) is 13.7 Å². The van der Waals surface area contributed by atoms with Crippen LogP contribution in [0.3, 0.4) is 0 Å². The lowest BCUT2D eigenvalue weighted by molar-refractivity contribution is -0.116. The van der Waals surface area contributed by atoms with E-state index in [-0.39, 0.29) is 11.7 Å². The molecular weight excluding hydrogens is 326 g/mol. The minimum absolute atomic E-state index is 0.0387. The molecule has 0 unspecified atom stereocenters. The Balaban J connectivity index is 2.19. The van der Waals surface area contributed by atoms with Gasteiger partial charge in [0.05, 0.1) is 7.11 Å². The first kappa shape index (κ1) is 22.1. The second-order valence-corrected chi connectivity index (χ2v) is 6.91. The summed E-state index contributed by atoms with van der Waals surface area (Å²) in [7, 11) is 1.52. The lowest BCUT2D eigenvalue weighted by atomic mass is 10.1. The first-order valence-electron chi connectivity index (χ1n) is 9.87. The molecule has 26 heavy (non-hydrogen) atoms. The smallest absolute Gasteiger partial charge is 0.243 e. The van der Waals surface area contributed by atoms with Gasteiger partial charge in [-0.2, -0.15) is 0 Å². The summed E-state index contributed by atoms with van der Waals surface area (Å²) >= 11 is 0. The number of methoxy groups -OCH3 is 1. The first-order valence-corrected chi connectivity index (χ1v) is 9.87. The Labute approximate surface area is 158 Å². The van der Waals surface area contributed by atoms with Crippen molar-refractivity contribution in [1.82, 2.24) is 5.32 Å². The van der Waals surface area contributed by atoms with Gasteiger partial charge in [-0.25, -0.2) is 0 Å². The first-order chi connectivity index (χ1) is 12.6. The van der Waals surface area contributed by atoms with Crippen LogP contribution in [-0.2, 0) is 11.2 Å². The van der Waals surface area contributed by atoms with Gasteiger partial charge in [0.1, 0.15) is 0 Å². The Morgan fingerprint density at radius 1 is 1.15 bits per heavy atom. The van der Waals surface area contributed by atoms with Crippen LogP contribution in [0.2, 0.25) is 0 Å². The van der Waals surface area contributed by atoms with Gasteiger partial charge in [0.15, 0.2) is 11.5 Å². The average Bonchev–Trinajstić information content (AvgIpc) is 2.61. The van der Waals surface area contributed by atoms with Crippen molar-refractivity contribution in [3.63, 3.8) is 0 Å². The monoisotopic (exact) mass is 361 g/mol. The Morgan fingerprint density at radius 2 is 1.85 bits per heavy atom. The van der Waals surface area contributed by atoms with Gasteiger partial charge in [-0.15, -0.1) is 0 Å². The molecule has 4 nitrogen and oxygen atoms in total. The van der Waals surface area contributed by atoms with E-state index >= 15 is 0 Å². The van der Waals surface area contributed by atoms with Gasteiger partial charge in [0, 0.05) is 12.6 Å². The normalized spacial score (nSPS) is 11.4. The molecule has 0 spiro atoms. The fraction of sp³-hybridized carbons (Fsp3) is 0.591. The Morgan fingerprint density at radius 3 is 2.50 bits per heavy atom. The highest BCUT2D eigenvalue weighted by Crippen LogP contribution is 2.26. The lowest BCUT2D eigenvalue weighted by Gasteiger charge is -2.07. The van der Waals surface area contributed by atoms with Crippen LogP contribution < -0.4 is 10.1 Å². The zero-order chi connectivity index (χ0) is 19.2. The third kappa shape index (κ3) is 9.50. The van der Waals surface area contributed by atoms with Gasteiger partial charge in [0.25, 0.3) is 0 Å². The van der Waals surface area contributed by atoms with Crippen molar-refractivity contribution in [2.45, 2.75) is 71.6 Å². The van der Waals surface area contributed by atoms with Crippen LogP contribution in [0.15, 0.2) is 29.8 Å². The number of ether oxygens (including phenoxy) is 1. The van der Waals surface area contributed by atoms with Crippen LogP contribution in [0, 0.1) is 0 Å². The van der Waals surface area contributed by atoms with Crippen LogP contribution >= 0.6 is 0 Å². The number of phenolic OH excluding ortho intramolecular Hbond substituents is 1. The number of carbonyl (C=O) groups excluding carboxylic acids is 1. The van der Waals surface area contributed by atoms with Crippen LogP contribution in [0.5, 0.6) is 11.5 Å². The molecular formula is C22H35NO3. The molecule has 2 N–H and O–H groups in total. The SMILES string of the molecule is CCCCCCCCCC(C)=CC(=O)NCCc1ccc(OC)c(O)c1. The molecule has 0 saturated heterocycles. The van der Waals surface area contributed by atoms with E-state index in [2.05, 4.69) is 12.2 Å². The minimum Gasteiger partial charge on any atom is -0.504 e. The van der Waals surface area contributed by atoms with Crippen molar-refractivity contribution >= 4 is 5.91 Å². The van der Waals surface area contributed by atoms with E-state index in [4.69, 9.17) is 4.74 Å². The molecule has 0 saturated carbocycles. The van der Waals surface area contributed by atoms with Gasteiger partial charge in [-0.05, 0) is 43.9 Å². The zero-order valence-electron chi connectivity index (χ0n) is 16.6.